The van der Waals surface area contributed by atoms with Crippen LogP contribution in [0.1, 0.15) is 37.3 Å². The second-order valence-corrected chi connectivity index (χ2v) is 7.03. The van der Waals surface area contributed by atoms with E-state index < -0.39 is 0 Å². The highest BCUT2D eigenvalue weighted by Gasteiger charge is 2.39. The van der Waals surface area contributed by atoms with Crippen LogP contribution in [-0.4, -0.2) is 49.6 Å². The first kappa shape index (κ1) is 16.8. The van der Waals surface area contributed by atoms with E-state index in [1.165, 1.54) is 19.3 Å². The molecule has 0 radical (unpaired) electrons. The maximum absolute atomic E-state index is 6.29. The zero-order valence-corrected chi connectivity index (χ0v) is 14.2. The van der Waals surface area contributed by atoms with Gasteiger partial charge in [0.2, 0.25) is 0 Å². The molecule has 3 nitrogen and oxygen atoms in total. The molecule has 1 unspecified atom stereocenters. The van der Waals surface area contributed by atoms with Crippen molar-refractivity contribution in [2.75, 3.05) is 34.2 Å². The second-order valence-electron chi connectivity index (χ2n) is 6.63. The standard InChI is InChI=1S/C17H28ClN3/c1-20(2)17(10-6-11-17)13-21(3)12-9-16(19)14-7-4-5-8-15(14)18/h4-5,7-8,16H,6,9-13,19H2,1-3H3. The number of hydrogen-bond acceptors (Lipinski definition) is 3. The van der Waals surface area contributed by atoms with Gasteiger partial charge in [-0.05, 0) is 65.0 Å². The Kier molecular flexibility index (Phi) is 5.67. The lowest BCUT2D eigenvalue weighted by Gasteiger charge is -2.49. The van der Waals surface area contributed by atoms with E-state index in [9.17, 15) is 0 Å². The lowest BCUT2D eigenvalue weighted by molar-refractivity contribution is 0.0272. The van der Waals surface area contributed by atoms with Crippen LogP contribution in [0, 0.1) is 0 Å². The van der Waals surface area contributed by atoms with Crippen molar-refractivity contribution >= 4 is 11.6 Å². The number of halogens is 1. The van der Waals surface area contributed by atoms with E-state index in [0.29, 0.717) is 5.54 Å². The fraction of sp³-hybridized carbons (Fsp3) is 0.647. The molecule has 4 heteroatoms. The summed E-state index contributed by atoms with van der Waals surface area (Å²) in [6, 6.07) is 7.90. The van der Waals surface area contributed by atoms with Crippen LogP contribution in [-0.2, 0) is 0 Å². The Morgan fingerprint density at radius 2 is 1.90 bits per heavy atom. The minimum Gasteiger partial charge on any atom is -0.324 e. The van der Waals surface area contributed by atoms with E-state index in [4.69, 9.17) is 17.3 Å². The molecular weight excluding hydrogens is 282 g/mol. The number of likely N-dealkylation sites (N-methyl/N-ethyl adjacent to an activating group) is 2. The van der Waals surface area contributed by atoms with Crippen LogP contribution < -0.4 is 5.73 Å². The topological polar surface area (TPSA) is 32.5 Å². The molecule has 0 spiro atoms. The van der Waals surface area contributed by atoms with Crippen molar-refractivity contribution in [2.24, 2.45) is 5.73 Å². The first-order valence-electron chi connectivity index (χ1n) is 7.80. The van der Waals surface area contributed by atoms with Gasteiger partial charge in [0.25, 0.3) is 0 Å². The Morgan fingerprint density at radius 1 is 1.24 bits per heavy atom. The quantitative estimate of drug-likeness (QED) is 0.840. The molecule has 2 N–H and O–H groups in total. The summed E-state index contributed by atoms with van der Waals surface area (Å²) in [7, 11) is 6.59. The molecule has 1 atom stereocenters. The number of nitrogens with zero attached hydrogens (tertiary/aromatic N) is 2. The molecule has 1 aliphatic rings. The first-order chi connectivity index (χ1) is 9.94. The van der Waals surface area contributed by atoms with E-state index in [2.05, 4.69) is 30.9 Å². The Bertz CT molecular complexity index is 457. The van der Waals surface area contributed by atoms with Crippen molar-refractivity contribution in [3.63, 3.8) is 0 Å². The number of hydrogen-bond donors (Lipinski definition) is 1. The minimum atomic E-state index is 0.0119. The maximum Gasteiger partial charge on any atom is 0.0453 e. The molecule has 1 aromatic rings. The molecule has 0 heterocycles. The van der Waals surface area contributed by atoms with Crippen molar-refractivity contribution < 1.29 is 0 Å². The van der Waals surface area contributed by atoms with Crippen molar-refractivity contribution in [3.05, 3.63) is 34.9 Å². The van der Waals surface area contributed by atoms with E-state index in [1.807, 2.05) is 24.3 Å². The van der Waals surface area contributed by atoms with E-state index in [-0.39, 0.29) is 6.04 Å². The predicted molar refractivity (Wildman–Crippen MR) is 90.8 cm³/mol. The third-order valence-electron chi connectivity index (χ3n) is 4.92. The summed E-state index contributed by atoms with van der Waals surface area (Å²) in [6.07, 6.45) is 4.90. The minimum absolute atomic E-state index is 0.0119. The molecule has 2 rings (SSSR count). The summed E-state index contributed by atoms with van der Waals surface area (Å²) < 4.78 is 0. The summed E-state index contributed by atoms with van der Waals surface area (Å²) in [5.41, 5.74) is 7.73. The Morgan fingerprint density at radius 3 is 2.43 bits per heavy atom. The number of benzene rings is 1. The van der Waals surface area contributed by atoms with Gasteiger partial charge in [-0.25, -0.2) is 0 Å². The molecule has 1 saturated carbocycles. The number of nitrogens with two attached hydrogens (primary N) is 1. The van der Waals surface area contributed by atoms with Gasteiger partial charge in [-0.3, -0.25) is 0 Å². The average molecular weight is 310 g/mol. The molecule has 0 amide bonds. The molecule has 0 saturated heterocycles. The summed E-state index contributed by atoms with van der Waals surface area (Å²) >= 11 is 6.21. The van der Waals surface area contributed by atoms with Gasteiger partial charge in [0.15, 0.2) is 0 Å². The Hall–Kier alpha value is -0.610. The van der Waals surface area contributed by atoms with E-state index in [0.717, 1.165) is 30.1 Å². The van der Waals surface area contributed by atoms with Gasteiger partial charge in [0, 0.05) is 23.1 Å². The Balaban J connectivity index is 1.84. The molecule has 118 valence electrons. The zero-order valence-electron chi connectivity index (χ0n) is 13.5. The molecule has 1 aromatic carbocycles. The lowest BCUT2D eigenvalue weighted by Crippen LogP contribution is -2.56. The second kappa shape index (κ2) is 7.10. The van der Waals surface area contributed by atoms with Gasteiger partial charge >= 0.3 is 0 Å². The highest BCUT2D eigenvalue weighted by atomic mass is 35.5. The summed E-state index contributed by atoms with van der Waals surface area (Å²) in [6.45, 7) is 2.12. The maximum atomic E-state index is 6.29. The molecular formula is C17H28ClN3. The summed E-state index contributed by atoms with van der Waals surface area (Å²) in [4.78, 5) is 4.80. The third-order valence-corrected chi connectivity index (χ3v) is 5.27. The predicted octanol–water partition coefficient (Wildman–Crippen LogP) is 3.15. The third kappa shape index (κ3) is 3.98. The normalized spacial score (nSPS) is 18.8. The van der Waals surface area contributed by atoms with Crippen LogP contribution in [0.5, 0.6) is 0 Å². The van der Waals surface area contributed by atoms with Gasteiger partial charge in [0.1, 0.15) is 0 Å². The molecule has 0 aromatic heterocycles. The van der Waals surface area contributed by atoms with Gasteiger partial charge in [-0.2, -0.15) is 0 Å². The van der Waals surface area contributed by atoms with E-state index in [1.54, 1.807) is 0 Å². The summed E-state index contributed by atoms with van der Waals surface area (Å²) in [5, 5.41) is 0.774. The molecule has 21 heavy (non-hydrogen) atoms. The van der Waals surface area contributed by atoms with Crippen LogP contribution in [0.25, 0.3) is 0 Å². The molecule has 1 fully saturated rings. The van der Waals surface area contributed by atoms with Crippen LogP contribution in [0.3, 0.4) is 0 Å². The highest BCUT2D eigenvalue weighted by molar-refractivity contribution is 6.31. The smallest absolute Gasteiger partial charge is 0.0453 e. The largest absolute Gasteiger partial charge is 0.324 e. The van der Waals surface area contributed by atoms with Crippen molar-refractivity contribution in [3.8, 4) is 0 Å². The first-order valence-corrected chi connectivity index (χ1v) is 8.18. The van der Waals surface area contributed by atoms with Crippen molar-refractivity contribution in [2.45, 2.75) is 37.3 Å². The lowest BCUT2D eigenvalue weighted by atomic mass is 9.75. The van der Waals surface area contributed by atoms with Crippen LogP contribution in [0.2, 0.25) is 5.02 Å². The molecule has 0 aliphatic heterocycles. The monoisotopic (exact) mass is 309 g/mol. The van der Waals surface area contributed by atoms with Gasteiger partial charge < -0.3 is 15.5 Å². The fourth-order valence-corrected chi connectivity index (χ4v) is 3.48. The van der Waals surface area contributed by atoms with Crippen LogP contribution in [0.4, 0.5) is 0 Å². The average Bonchev–Trinajstić information content (AvgIpc) is 2.40. The fourth-order valence-electron chi connectivity index (χ4n) is 3.20. The van der Waals surface area contributed by atoms with E-state index >= 15 is 0 Å². The van der Waals surface area contributed by atoms with Crippen molar-refractivity contribution in [1.82, 2.24) is 9.80 Å². The highest BCUT2D eigenvalue weighted by Crippen LogP contribution is 2.36. The van der Waals surface area contributed by atoms with Crippen LogP contribution in [0.15, 0.2) is 24.3 Å². The summed E-state index contributed by atoms with van der Waals surface area (Å²) in [5.74, 6) is 0. The SMILES string of the molecule is CN(CCC(N)c1ccccc1Cl)CC1(N(C)C)CCC1. The molecule has 1 aliphatic carbocycles. The van der Waals surface area contributed by atoms with Gasteiger partial charge in [-0.15, -0.1) is 0 Å². The zero-order chi connectivity index (χ0) is 15.5. The van der Waals surface area contributed by atoms with Gasteiger partial charge in [-0.1, -0.05) is 29.8 Å². The van der Waals surface area contributed by atoms with Gasteiger partial charge in [0.05, 0.1) is 0 Å². The molecule has 0 bridgehead atoms. The Labute approximate surface area is 134 Å². The van der Waals surface area contributed by atoms with Crippen LogP contribution >= 0.6 is 11.6 Å². The van der Waals surface area contributed by atoms with Crippen molar-refractivity contribution in [1.29, 1.82) is 0 Å². The number of rotatable bonds is 7.